The Bertz CT molecular complexity index is 426. The second kappa shape index (κ2) is 5.76. The predicted octanol–water partition coefficient (Wildman–Crippen LogP) is 2.66. The topological polar surface area (TPSA) is 64.3 Å². The molecule has 1 aromatic carbocycles. The molecule has 98 valence electrons. The summed E-state index contributed by atoms with van der Waals surface area (Å²) in [6, 6.07) is 5.29. The minimum Gasteiger partial charge on any atom is -0.465 e. The summed E-state index contributed by atoms with van der Waals surface area (Å²) < 4.78 is 4.77. The average molecular weight is 248 g/mol. The maximum Gasteiger partial charge on any atom is 0.340 e. The van der Waals surface area contributed by atoms with Crippen molar-refractivity contribution in [3.05, 3.63) is 23.8 Å². The molecule has 1 fully saturated rings. The Morgan fingerprint density at radius 2 is 2.17 bits per heavy atom. The third-order valence-corrected chi connectivity index (χ3v) is 3.50. The summed E-state index contributed by atoms with van der Waals surface area (Å²) in [6.07, 6.45) is 5.18. The zero-order valence-corrected chi connectivity index (χ0v) is 10.7. The Labute approximate surface area is 108 Å². The fourth-order valence-electron chi connectivity index (χ4n) is 2.46. The zero-order valence-electron chi connectivity index (χ0n) is 10.7. The number of nitrogen functional groups attached to an aromatic ring is 1. The fourth-order valence-corrected chi connectivity index (χ4v) is 2.46. The minimum atomic E-state index is -0.351. The molecule has 18 heavy (non-hydrogen) atoms. The Morgan fingerprint density at radius 3 is 2.83 bits per heavy atom. The third kappa shape index (κ3) is 2.94. The van der Waals surface area contributed by atoms with Gasteiger partial charge >= 0.3 is 5.97 Å². The van der Waals surface area contributed by atoms with Gasteiger partial charge in [-0.05, 0) is 37.0 Å². The number of hydrogen-bond acceptors (Lipinski definition) is 4. The van der Waals surface area contributed by atoms with Gasteiger partial charge in [-0.25, -0.2) is 4.79 Å². The van der Waals surface area contributed by atoms with Crippen molar-refractivity contribution in [2.24, 2.45) is 5.92 Å². The molecule has 3 N–H and O–H groups in total. The van der Waals surface area contributed by atoms with Gasteiger partial charge in [0.05, 0.1) is 12.7 Å². The van der Waals surface area contributed by atoms with E-state index < -0.39 is 0 Å². The summed E-state index contributed by atoms with van der Waals surface area (Å²) >= 11 is 0. The van der Waals surface area contributed by atoms with Crippen LogP contribution in [0.25, 0.3) is 0 Å². The zero-order chi connectivity index (χ0) is 13.0. The maximum absolute atomic E-state index is 11.7. The number of nitrogens with one attached hydrogen (secondary N) is 1. The Balaban J connectivity index is 2.08. The number of anilines is 2. The number of methoxy groups -OCH3 is 1. The van der Waals surface area contributed by atoms with Crippen LogP contribution in [0, 0.1) is 5.92 Å². The van der Waals surface area contributed by atoms with Gasteiger partial charge in [0, 0.05) is 17.9 Å². The van der Waals surface area contributed by atoms with E-state index in [1.165, 1.54) is 32.8 Å². The normalized spacial score (nSPS) is 15.6. The SMILES string of the molecule is COC(=O)c1cc(N)ccc1NCC1CCCC1. The number of rotatable bonds is 4. The van der Waals surface area contributed by atoms with E-state index in [2.05, 4.69) is 5.32 Å². The molecule has 1 aromatic rings. The lowest BCUT2D eigenvalue weighted by molar-refractivity contribution is 0.0602. The van der Waals surface area contributed by atoms with Gasteiger partial charge in [-0.3, -0.25) is 0 Å². The smallest absolute Gasteiger partial charge is 0.340 e. The molecule has 1 saturated carbocycles. The first kappa shape index (κ1) is 12.7. The van der Waals surface area contributed by atoms with Gasteiger partial charge in [-0.15, -0.1) is 0 Å². The average Bonchev–Trinajstić information content (AvgIpc) is 2.89. The molecule has 0 bridgehead atoms. The summed E-state index contributed by atoms with van der Waals surface area (Å²) in [7, 11) is 1.38. The Morgan fingerprint density at radius 1 is 1.44 bits per heavy atom. The summed E-state index contributed by atoms with van der Waals surface area (Å²) in [5.41, 5.74) is 7.59. The quantitative estimate of drug-likeness (QED) is 0.635. The third-order valence-electron chi connectivity index (χ3n) is 3.50. The van der Waals surface area contributed by atoms with Crippen molar-refractivity contribution < 1.29 is 9.53 Å². The van der Waals surface area contributed by atoms with Crippen LogP contribution in [-0.2, 0) is 4.74 Å². The molecule has 1 aliphatic rings. The van der Waals surface area contributed by atoms with E-state index in [0.717, 1.165) is 12.2 Å². The number of benzene rings is 1. The molecular weight excluding hydrogens is 228 g/mol. The van der Waals surface area contributed by atoms with Crippen LogP contribution in [0.5, 0.6) is 0 Å². The van der Waals surface area contributed by atoms with Gasteiger partial charge in [0.1, 0.15) is 0 Å². The van der Waals surface area contributed by atoms with E-state index in [4.69, 9.17) is 10.5 Å². The molecular formula is C14H20N2O2. The molecule has 0 spiro atoms. The van der Waals surface area contributed by atoms with Crippen molar-refractivity contribution >= 4 is 17.3 Å². The lowest BCUT2D eigenvalue weighted by Crippen LogP contribution is -2.14. The monoisotopic (exact) mass is 248 g/mol. The number of hydrogen-bond donors (Lipinski definition) is 2. The van der Waals surface area contributed by atoms with Gasteiger partial charge in [0.15, 0.2) is 0 Å². The first-order valence-electron chi connectivity index (χ1n) is 6.42. The lowest BCUT2D eigenvalue weighted by Gasteiger charge is -2.14. The first-order chi connectivity index (χ1) is 8.70. The van der Waals surface area contributed by atoms with Crippen LogP contribution in [0.15, 0.2) is 18.2 Å². The Kier molecular flexibility index (Phi) is 4.07. The molecule has 0 atom stereocenters. The van der Waals surface area contributed by atoms with E-state index in [1.54, 1.807) is 12.1 Å². The van der Waals surface area contributed by atoms with Crippen molar-refractivity contribution in [2.75, 3.05) is 24.7 Å². The van der Waals surface area contributed by atoms with Gasteiger partial charge < -0.3 is 15.8 Å². The van der Waals surface area contributed by atoms with Crippen molar-refractivity contribution in [3.8, 4) is 0 Å². The van der Waals surface area contributed by atoms with Crippen LogP contribution < -0.4 is 11.1 Å². The second-order valence-electron chi connectivity index (χ2n) is 4.83. The molecule has 0 unspecified atom stereocenters. The van der Waals surface area contributed by atoms with E-state index in [1.807, 2.05) is 6.07 Å². The minimum absolute atomic E-state index is 0.351. The van der Waals surface area contributed by atoms with E-state index in [-0.39, 0.29) is 5.97 Å². The van der Waals surface area contributed by atoms with E-state index in [0.29, 0.717) is 17.2 Å². The van der Waals surface area contributed by atoms with Gasteiger partial charge in [-0.1, -0.05) is 12.8 Å². The number of carbonyl (C=O) groups is 1. The van der Waals surface area contributed by atoms with Crippen molar-refractivity contribution in [1.82, 2.24) is 0 Å². The van der Waals surface area contributed by atoms with Crippen LogP contribution in [-0.4, -0.2) is 19.6 Å². The largest absolute Gasteiger partial charge is 0.465 e. The van der Waals surface area contributed by atoms with E-state index >= 15 is 0 Å². The van der Waals surface area contributed by atoms with Gasteiger partial charge in [0.2, 0.25) is 0 Å². The standard InChI is InChI=1S/C14H20N2O2/c1-18-14(17)12-8-11(15)6-7-13(12)16-9-10-4-2-3-5-10/h6-8,10,16H,2-5,9,15H2,1H3. The fraction of sp³-hybridized carbons (Fsp3) is 0.500. The highest BCUT2D eigenvalue weighted by Gasteiger charge is 2.17. The van der Waals surface area contributed by atoms with Crippen LogP contribution in [0.1, 0.15) is 36.0 Å². The molecule has 2 rings (SSSR count). The summed E-state index contributed by atoms with van der Waals surface area (Å²) in [4.78, 5) is 11.7. The summed E-state index contributed by atoms with van der Waals surface area (Å²) in [6.45, 7) is 0.911. The van der Waals surface area contributed by atoms with Crippen molar-refractivity contribution in [1.29, 1.82) is 0 Å². The lowest BCUT2D eigenvalue weighted by atomic mass is 10.1. The molecule has 4 heteroatoms. The molecule has 4 nitrogen and oxygen atoms in total. The van der Waals surface area contributed by atoms with Crippen LogP contribution >= 0.6 is 0 Å². The molecule has 0 aromatic heterocycles. The molecule has 0 saturated heterocycles. The van der Waals surface area contributed by atoms with Crippen LogP contribution in [0.2, 0.25) is 0 Å². The number of nitrogens with two attached hydrogens (primary N) is 1. The highest BCUT2D eigenvalue weighted by Crippen LogP contribution is 2.26. The van der Waals surface area contributed by atoms with Crippen LogP contribution in [0.4, 0.5) is 11.4 Å². The molecule has 0 amide bonds. The van der Waals surface area contributed by atoms with Gasteiger partial charge in [0.25, 0.3) is 0 Å². The molecule has 0 radical (unpaired) electrons. The van der Waals surface area contributed by atoms with Gasteiger partial charge in [-0.2, -0.15) is 0 Å². The first-order valence-corrected chi connectivity index (χ1v) is 6.42. The second-order valence-corrected chi connectivity index (χ2v) is 4.83. The molecule has 1 aliphatic carbocycles. The van der Waals surface area contributed by atoms with Crippen molar-refractivity contribution in [2.45, 2.75) is 25.7 Å². The number of carbonyl (C=O) groups excluding carboxylic acids is 1. The predicted molar refractivity (Wildman–Crippen MR) is 72.6 cm³/mol. The molecule has 0 aliphatic heterocycles. The molecule has 0 heterocycles. The van der Waals surface area contributed by atoms with Crippen LogP contribution in [0.3, 0.4) is 0 Å². The number of ether oxygens (including phenoxy) is 1. The highest BCUT2D eigenvalue weighted by molar-refractivity contribution is 5.96. The van der Waals surface area contributed by atoms with Crippen molar-refractivity contribution in [3.63, 3.8) is 0 Å². The van der Waals surface area contributed by atoms with E-state index in [9.17, 15) is 4.79 Å². The Hall–Kier alpha value is -1.71. The highest BCUT2D eigenvalue weighted by atomic mass is 16.5. The summed E-state index contributed by atoms with van der Waals surface area (Å²) in [5.74, 6) is 0.365. The maximum atomic E-state index is 11.7. The number of esters is 1. The summed E-state index contributed by atoms with van der Waals surface area (Å²) in [5, 5.41) is 3.34.